The number of nitrogens with one attached hydrogen (secondary N) is 1. The van der Waals surface area contributed by atoms with Gasteiger partial charge in [0.1, 0.15) is 0 Å². The second kappa shape index (κ2) is 5.34. The Bertz CT molecular complexity index is 717. The van der Waals surface area contributed by atoms with Gasteiger partial charge in [0.15, 0.2) is 0 Å². The summed E-state index contributed by atoms with van der Waals surface area (Å²) in [7, 11) is -3.65. The monoisotopic (exact) mass is 310 g/mol. The van der Waals surface area contributed by atoms with Crippen LogP contribution in [0.3, 0.4) is 0 Å². The first-order valence-corrected chi connectivity index (χ1v) is 7.81. The van der Waals surface area contributed by atoms with Crippen molar-refractivity contribution in [3.63, 3.8) is 0 Å². The maximum atomic E-state index is 12.5. The molecular formula is C14H15ClN2O2S. The number of benzene rings is 2. The summed E-state index contributed by atoms with van der Waals surface area (Å²) in [6.45, 7) is 3.44. The number of hydrogen-bond acceptors (Lipinski definition) is 3. The summed E-state index contributed by atoms with van der Waals surface area (Å²) in [5, 5.41) is 0.549. The average molecular weight is 311 g/mol. The highest BCUT2D eigenvalue weighted by Gasteiger charge is 2.20. The number of nitrogen functional groups attached to an aromatic ring is 1. The first kappa shape index (κ1) is 14.7. The Labute approximate surface area is 123 Å². The molecule has 0 unspecified atom stereocenters. The van der Waals surface area contributed by atoms with Crippen LogP contribution >= 0.6 is 11.6 Å². The Morgan fingerprint density at radius 1 is 1.05 bits per heavy atom. The predicted octanol–water partition coefficient (Wildman–Crippen LogP) is 3.34. The van der Waals surface area contributed by atoms with Gasteiger partial charge >= 0.3 is 0 Å². The van der Waals surface area contributed by atoms with Gasteiger partial charge in [-0.25, -0.2) is 8.42 Å². The van der Waals surface area contributed by atoms with Crippen LogP contribution in [-0.4, -0.2) is 8.42 Å². The van der Waals surface area contributed by atoms with E-state index in [4.69, 9.17) is 17.3 Å². The summed E-state index contributed by atoms with van der Waals surface area (Å²) < 4.78 is 27.4. The van der Waals surface area contributed by atoms with Crippen LogP contribution in [0.2, 0.25) is 5.02 Å². The molecule has 0 aliphatic heterocycles. The highest BCUT2D eigenvalue weighted by Crippen LogP contribution is 2.25. The summed E-state index contributed by atoms with van der Waals surface area (Å²) in [5.41, 5.74) is 7.95. The zero-order valence-corrected chi connectivity index (χ0v) is 12.7. The molecule has 0 amide bonds. The van der Waals surface area contributed by atoms with E-state index < -0.39 is 10.0 Å². The van der Waals surface area contributed by atoms with Gasteiger partial charge in [-0.3, -0.25) is 4.72 Å². The van der Waals surface area contributed by atoms with Crippen LogP contribution in [0.4, 0.5) is 11.4 Å². The lowest BCUT2D eigenvalue weighted by Crippen LogP contribution is -2.16. The van der Waals surface area contributed by atoms with Gasteiger partial charge in [-0.1, -0.05) is 11.6 Å². The van der Waals surface area contributed by atoms with Crippen molar-refractivity contribution in [3.8, 4) is 0 Å². The minimum Gasteiger partial charge on any atom is -0.399 e. The summed E-state index contributed by atoms with van der Waals surface area (Å²) in [5.74, 6) is 0. The summed E-state index contributed by atoms with van der Waals surface area (Å²) in [6, 6.07) is 9.76. The van der Waals surface area contributed by atoms with E-state index in [1.807, 2.05) is 0 Å². The van der Waals surface area contributed by atoms with Crippen LogP contribution in [-0.2, 0) is 10.0 Å². The second-order valence-corrected chi connectivity index (χ2v) is 6.65. The molecule has 4 nitrogen and oxygen atoms in total. The normalized spacial score (nSPS) is 11.3. The van der Waals surface area contributed by atoms with Gasteiger partial charge in [-0.05, 0) is 61.4 Å². The molecule has 106 valence electrons. The first-order valence-electron chi connectivity index (χ1n) is 5.95. The third kappa shape index (κ3) is 3.05. The van der Waals surface area contributed by atoms with Crippen LogP contribution < -0.4 is 10.5 Å². The number of anilines is 2. The van der Waals surface area contributed by atoms with E-state index in [0.29, 0.717) is 27.5 Å². The van der Waals surface area contributed by atoms with Crippen molar-refractivity contribution in [1.29, 1.82) is 0 Å². The Hall–Kier alpha value is -1.72. The molecule has 3 N–H and O–H groups in total. The quantitative estimate of drug-likeness (QED) is 0.854. The number of rotatable bonds is 3. The molecule has 2 aromatic rings. The van der Waals surface area contributed by atoms with Crippen molar-refractivity contribution < 1.29 is 8.42 Å². The van der Waals surface area contributed by atoms with E-state index >= 15 is 0 Å². The number of halogens is 1. The van der Waals surface area contributed by atoms with E-state index in [2.05, 4.69) is 4.72 Å². The molecule has 0 fully saturated rings. The smallest absolute Gasteiger partial charge is 0.262 e. The minimum atomic E-state index is -3.65. The Kier molecular flexibility index (Phi) is 3.92. The van der Waals surface area contributed by atoms with Crippen LogP contribution in [0.5, 0.6) is 0 Å². The molecule has 0 atom stereocenters. The molecule has 0 aliphatic rings. The van der Waals surface area contributed by atoms with E-state index in [0.717, 1.165) is 0 Å². The fraction of sp³-hybridized carbons (Fsp3) is 0.143. The average Bonchev–Trinajstić information content (AvgIpc) is 2.30. The fourth-order valence-electron chi connectivity index (χ4n) is 2.13. The number of sulfonamides is 1. The van der Waals surface area contributed by atoms with Gasteiger partial charge in [0.2, 0.25) is 0 Å². The van der Waals surface area contributed by atoms with Gasteiger partial charge in [0, 0.05) is 16.4 Å². The first-order chi connectivity index (χ1) is 9.29. The third-order valence-electron chi connectivity index (χ3n) is 2.85. The minimum absolute atomic E-state index is 0.252. The molecule has 0 saturated heterocycles. The Morgan fingerprint density at radius 3 is 2.05 bits per heavy atom. The van der Waals surface area contributed by atoms with Gasteiger partial charge < -0.3 is 5.73 Å². The van der Waals surface area contributed by atoms with Crippen LogP contribution in [0.25, 0.3) is 0 Å². The van der Waals surface area contributed by atoms with E-state index in [9.17, 15) is 8.42 Å². The van der Waals surface area contributed by atoms with Gasteiger partial charge in [-0.2, -0.15) is 0 Å². The SMILES string of the molecule is Cc1cc(N)cc(C)c1S(=O)(=O)Nc1ccc(Cl)cc1. The lowest BCUT2D eigenvalue weighted by molar-refractivity contribution is 0.600. The zero-order valence-electron chi connectivity index (χ0n) is 11.1. The van der Waals surface area contributed by atoms with E-state index in [1.54, 1.807) is 50.2 Å². The predicted molar refractivity (Wildman–Crippen MR) is 82.6 cm³/mol. The Balaban J connectivity index is 2.43. The molecule has 0 aromatic heterocycles. The number of hydrogen-bond donors (Lipinski definition) is 2. The zero-order chi connectivity index (χ0) is 14.9. The number of nitrogens with two attached hydrogens (primary N) is 1. The molecule has 0 bridgehead atoms. The molecule has 2 aromatic carbocycles. The lowest BCUT2D eigenvalue weighted by atomic mass is 10.1. The van der Waals surface area contributed by atoms with Gasteiger partial charge in [-0.15, -0.1) is 0 Å². The highest BCUT2D eigenvalue weighted by atomic mass is 35.5. The summed E-state index contributed by atoms with van der Waals surface area (Å²) in [6.07, 6.45) is 0. The van der Waals surface area contributed by atoms with Crippen molar-refractivity contribution >= 4 is 33.0 Å². The second-order valence-electron chi connectivity index (χ2n) is 4.60. The van der Waals surface area contributed by atoms with Crippen LogP contribution in [0.15, 0.2) is 41.3 Å². The van der Waals surface area contributed by atoms with Crippen LogP contribution in [0.1, 0.15) is 11.1 Å². The molecular weight excluding hydrogens is 296 g/mol. The lowest BCUT2D eigenvalue weighted by Gasteiger charge is -2.13. The van der Waals surface area contributed by atoms with Crippen molar-refractivity contribution in [2.75, 3.05) is 10.5 Å². The van der Waals surface area contributed by atoms with E-state index in [1.165, 1.54) is 0 Å². The van der Waals surface area contributed by atoms with Gasteiger partial charge in [0.25, 0.3) is 10.0 Å². The molecule has 0 spiro atoms. The standard InChI is InChI=1S/C14H15ClN2O2S/c1-9-7-12(16)8-10(2)14(9)20(18,19)17-13-5-3-11(15)4-6-13/h3-8,17H,16H2,1-2H3. The molecule has 20 heavy (non-hydrogen) atoms. The maximum Gasteiger partial charge on any atom is 0.262 e. The van der Waals surface area contributed by atoms with Crippen molar-refractivity contribution in [2.24, 2.45) is 0 Å². The highest BCUT2D eigenvalue weighted by molar-refractivity contribution is 7.92. The largest absolute Gasteiger partial charge is 0.399 e. The topological polar surface area (TPSA) is 72.2 Å². The Morgan fingerprint density at radius 2 is 1.55 bits per heavy atom. The fourth-order valence-corrected chi connectivity index (χ4v) is 3.77. The van der Waals surface area contributed by atoms with E-state index in [-0.39, 0.29) is 4.90 Å². The van der Waals surface area contributed by atoms with Gasteiger partial charge in [0.05, 0.1) is 4.90 Å². The summed E-state index contributed by atoms with van der Waals surface area (Å²) >= 11 is 5.78. The van der Waals surface area contributed by atoms with Crippen molar-refractivity contribution in [1.82, 2.24) is 0 Å². The molecule has 0 saturated carbocycles. The van der Waals surface area contributed by atoms with Crippen molar-refractivity contribution in [3.05, 3.63) is 52.5 Å². The molecule has 6 heteroatoms. The molecule has 2 rings (SSSR count). The third-order valence-corrected chi connectivity index (χ3v) is 4.79. The molecule has 0 heterocycles. The molecule has 0 aliphatic carbocycles. The number of aryl methyl sites for hydroxylation is 2. The summed E-state index contributed by atoms with van der Waals surface area (Å²) in [4.78, 5) is 0.252. The maximum absolute atomic E-state index is 12.5. The molecule has 0 radical (unpaired) electrons. The van der Waals surface area contributed by atoms with Crippen LogP contribution in [0, 0.1) is 13.8 Å². The van der Waals surface area contributed by atoms with Crippen molar-refractivity contribution in [2.45, 2.75) is 18.7 Å².